The van der Waals surface area contributed by atoms with E-state index in [9.17, 15) is 50.4 Å². The zero-order valence-electron chi connectivity index (χ0n) is 75.6. The van der Waals surface area contributed by atoms with Crippen LogP contribution in [0.4, 0.5) is 0 Å². The number of sulfonamides is 2. The Balaban J connectivity index is 0.000000213. The number of allylic oxidation sites excluding steroid dienone is 1. The number of hydrogen-bond donors (Lipinski definition) is 7. The molecule has 12 heterocycles. The number of rotatable bonds is 33. The number of carbonyl (C=O) groups excluding carboxylic acids is 2. The van der Waals surface area contributed by atoms with Crippen LogP contribution in [0, 0.1) is 3.57 Å². The second-order valence-corrected chi connectivity index (χ2v) is 37.7. The van der Waals surface area contributed by atoms with Crippen LogP contribution < -0.4 is 44.2 Å². The normalized spacial score (nSPS) is 12.0. The summed E-state index contributed by atoms with van der Waals surface area (Å²) in [7, 11) is -0.694. The molecular formula is C83H114Cl6IN23O14S2. The van der Waals surface area contributed by atoms with Crippen molar-refractivity contribution in [1.82, 2.24) is 101 Å². The van der Waals surface area contributed by atoms with Crippen LogP contribution in [0.25, 0.3) is 67.0 Å². The molecule has 0 aliphatic rings. The first-order valence-corrected chi connectivity index (χ1v) is 49.0. The molecular weight excluding hydrogens is 1950 g/mol. The molecule has 0 aromatic carbocycles. The van der Waals surface area contributed by atoms with E-state index in [0.717, 1.165) is 115 Å². The molecule has 12 rings (SSSR count). The van der Waals surface area contributed by atoms with E-state index in [2.05, 4.69) is 146 Å². The van der Waals surface area contributed by atoms with E-state index in [1.807, 2.05) is 46.1 Å². The standard InChI is InChI=1S/C15H23ClN4O3S.C15H21ClN4O3.C14H18ClN5O3.C14H21ClN4O3S.C14H18ClN3O.C11H13ClIN3O/c1-6-10(7-2)20-13-11(9-19(3)24(5,21)22)12(16)8-17-14(13)18-15(20)23-4;1-4-9(5-2)20-13-10(6-17-12(21)8-23-3)11(16)7-18-14(13)19-15(20)22;1-4-8(5-2)20-11-10(12(16)19-23-7(3)21)9(15)6-17-13(11)18-14(20)22;1-5-9(6-2)19-12-10(8-18(3)23(4,21)22)11(15)7-16-13(12)17-14(19)20;1-4-7-10-11(15)8-16-13-12(10)18(14(19)17-13)9(5-2)6-3;1-3-6(4-2)16-9-8(13)7(12)5-14-10(9)15-11(16)17/h8,10H,6-7,9H2,1-5H3;7,9H,4-6,8H2,1-3H3,(H,17,21)(H,18,19,22);6,8H,4-5H2,1-3H3,(H2,16,19)(H,17,18,22);7,9H,5-6,8H2,1-4H3,(H,16,17,20);4,8-9H,1,5-7H2,2-3H3,(H,16,17,19);5-6H,3-4H2,1-2H3,(H,14,15,17). The smallest absolute Gasteiger partial charge is 0.332 e. The predicted molar refractivity (Wildman–Crippen MR) is 519 cm³/mol. The molecule has 12 aromatic rings. The summed E-state index contributed by atoms with van der Waals surface area (Å²) in [4.78, 5) is 132. The molecule has 706 valence electrons. The third-order valence-corrected chi connectivity index (χ3v) is 27.8. The van der Waals surface area contributed by atoms with Gasteiger partial charge >= 0.3 is 34.4 Å². The van der Waals surface area contributed by atoms with E-state index in [-0.39, 0.29) is 108 Å². The number of amides is 1. The van der Waals surface area contributed by atoms with Crippen LogP contribution >= 0.6 is 92.2 Å². The van der Waals surface area contributed by atoms with Gasteiger partial charge in [0.1, 0.15) is 17.6 Å². The minimum absolute atomic E-state index is 0.00111. The van der Waals surface area contributed by atoms with Crippen LogP contribution in [-0.2, 0) is 65.3 Å². The van der Waals surface area contributed by atoms with E-state index in [1.165, 1.54) is 61.5 Å². The highest BCUT2D eigenvalue weighted by Gasteiger charge is 2.30. The number of methoxy groups -OCH3 is 2. The molecule has 8 N–H and O–H groups in total. The molecule has 0 fully saturated rings. The van der Waals surface area contributed by atoms with Crippen molar-refractivity contribution >= 4 is 197 Å². The molecule has 0 radical (unpaired) electrons. The Kier molecular flexibility index (Phi) is 40.1. The molecule has 37 nitrogen and oxygen atoms in total. The number of pyridine rings is 6. The minimum atomic E-state index is -3.37. The molecule has 129 heavy (non-hydrogen) atoms. The number of aromatic nitrogens is 18. The highest BCUT2D eigenvalue weighted by atomic mass is 127. The summed E-state index contributed by atoms with van der Waals surface area (Å²) in [6.45, 7) is 29.8. The van der Waals surface area contributed by atoms with Crippen LogP contribution in [0.15, 0.2) is 79.0 Å². The Morgan fingerprint density at radius 3 is 1.16 bits per heavy atom. The van der Waals surface area contributed by atoms with Gasteiger partial charge in [-0.2, -0.15) is 4.98 Å². The maximum Gasteiger partial charge on any atom is 0.332 e. The molecule has 0 atom stereocenters. The Labute approximate surface area is 790 Å². The van der Waals surface area contributed by atoms with Gasteiger partial charge < -0.3 is 25.4 Å². The number of nitrogens with two attached hydrogens (primary N) is 1. The van der Waals surface area contributed by atoms with Gasteiger partial charge in [-0.15, -0.1) is 6.58 Å². The van der Waals surface area contributed by atoms with Crippen molar-refractivity contribution in [2.24, 2.45) is 10.9 Å². The average Bonchev–Trinajstić information content (AvgIpc) is 1.75. The van der Waals surface area contributed by atoms with Gasteiger partial charge in [0.15, 0.2) is 39.7 Å². The van der Waals surface area contributed by atoms with Crippen LogP contribution in [-0.4, -0.2) is 178 Å². The van der Waals surface area contributed by atoms with Crippen molar-refractivity contribution in [2.75, 3.05) is 47.4 Å². The molecule has 0 unspecified atom stereocenters. The third kappa shape index (κ3) is 25.0. The lowest BCUT2D eigenvalue weighted by Gasteiger charge is -2.21. The van der Waals surface area contributed by atoms with E-state index >= 15 is 0 Å². The highest BCUT2D eigenvalue weighted by Crippen LogP contribution is 2.37. The first-order chi connectivity index (χ1) is 61.1. The van der Waals surface area contributed by atoms with Crippen LogP contribution in [0.5, 0.6) is 6.01 Å². The molecule has 12 aromatic heterocycles. The number of amidine groups is 1. The van der Waals surface area contributed by atoms with Gasteiger partial charge in [0, 0.05) is 143 Å². The molecule has 0 saturated heterocycles. The number of H-pyrrole nitrogens is 5. The lowest BCUT2D eigenvalue weighted by atomic mass is 10.1. The van der Waals surface area contributed by atoms with Crippen molar-refractivity contribution in [1.29, 1.82) is 0 Å². The first-order valence-electron chi connectivity index (χ1n) is 42.0. The summed E-state index contributed by atoms with van der Waals surface area (Å²) in [6, 6.07) is 0.958. The molecule has 1 amide bonds. The van der Waals surface area contributed by atoms with Crippen molar-refractivity contribution < 1.29 is 40.7 Å². The molecule has 0 saturated carbocycles. The van der Waals surface area contributed by atoms with E-state index < -0.39 is 26.0 Å². The minimum Gasteiger partial charge on any atom is -0.468 e. The van der Waals surface area contributed by atoms with Crippen LogP contribution in [0.2, 0.25) is 30.1 Å². The second-order valence-electron chi connectivity index (χ2n) is 30.0. The Hall–Kier alpha value is -9.08. The Bertz CT molecular complexity index is 6530. The highest BCUT2D eigenvalue weighted by molar-refractivity contribution is 14.1. The number of carbonyl (C=O) groups is 2. The maximum atomic E-state index is 12.3. The fourth-order valence-corrected chi connectivity index (χ4v) is 17.5. The number of aromatic amines is 5. The van der Waals surface area contributed by atoms with Gasteiger partial charge in [-0.1, -0.05) is 164 Å². The summed E-state index contributed by atoms with van der Waals surface area (Å²) in [5.74, 6) is -0.961. The fraction of sp³-hybridized carbons (Fsp3) is 0.506. The number of fused-ring (bicyclic) bond motifs is 6. The lowest BCUT2D eigenvalue weighted by molar-refractivity contribution is -0.141. The van der Waals surface area contributed by atoms with Gasteiger partial charge in [-0.25, -0.2) is 84.1 Å². The zero-order chi connectivity index (χ0) is 96.1. The van der Waals surface area contributed by atoms with Crippen molar-refractivity contribution in [3.63, 3.8) is 0 Å². The monoisotopic (exact) mass is 2060 g/mol. The molecule has 0 aliphatic carbocycles. The van der Waals surface area contributed by atoms with Gasteiger partial charge in [-0.3, -0.25) is 57.1 Å². The van der Waals surface area contributed by atoms with Gasteiger partial charge in [0.2, 0.25) is 26.0 Å². The van der Waals surface area contributed by atoms with E-state index in [1.54, 1.807) is 48.4 Å². The number of imidazole rings is 6. The van der Waals surface area contributed by atoms with E-state index in [0.29, 0.717) is 110 Å². The number of halogens is 7. The fourth-order valence-electron chi connectivity index (χ4n) is 15.0. The predicted octanol–water partition coefficient (Wildman–Crippen LogP) is 15.7. The van der Waals surface area contributed by atoms with Crippen LogP contribution in [0.3, 0.4) is 0 Å². The quantitative estimate of drug-likeness (QED) is 0.00501. The summed E-state index contributed by atoms with van der Waals surface area (Å²) in [5, 5.41) is 8.84. The molecule has 0 bridgehead atoms. The largest absolute Gasteiger partial charge is 0.468 e. The number of nitrogens with zero attached hydrogens (tertiary/aromatic N) is 16. The molecule has 0 aliphatic heterocycles. The Morgan fingerprint density at radius 1 is 0.488 bits per heavy atom. The topological polar surface area (TPSA) is 471 Å². The average molecular weight is 2060 g/mol. The summed E-state index contributed by atoms with van der Waals surface area (Å²) >= 11 is 39.5. The third-order valence-electron chi connectivity index (χ3n) is 22.0. The van der Waals surface area contributed by atoms with Crippen LogP contribution in [0.1, 0.15) is 231 Å². The van der Waals surface area contributed by atoms with Gasteiger partial charge in [0.25, 0.3) is 6.01 Å². The maximum absolute atomic E-state index is 12.3. The number of ether oxygens (including phenoxy) is 2. The zero-order valence-corrected chi connectivity index (χ0v) is 84.0. The SMILES string of the molecule is C=CCc1c(Cl)cnc2[nH]c(=O)n(C(CC)CC)c12.CCC(CC)n1c(=O)[nH]c2ncc(Cl)c(/C(N)=N/OC(C)=O)c21.CCC(CC)n1c(=O)[nH]c2ncc(Cl)c(CN(C)S(C)(=O)=O)c21.CCC(CC)n1c(=O)[nH]c2ncc(Cl)c(CNC(=O)COC)c21.CCC(CC)n1c(=O)[nH]c2ncc(Cl)c(I)c21.CCC(CC)n1c(OC)nc2ncc(Cl)c(CN(C)S(C)(=O)=O)c21. The lowest BCUT2D eigenvalue weighted by Crippen LogP contribution is -2.27. The summed E-state index contributed by atoms with van der Waals surface area (Å²) in [6.07, 6.45) is 23.7. The number of nitrogens with one attached hydrogen (secondary N) is 6. The van der Waals surface area contributed by atoms with Crippen molar-refractivity contribution in [2.45, 2.75) is 229 Å². The summed E-state index contributed by atoms with van der Waals surface area (Å²) in [5.41, 5.74) is 15.0. The number of oxime groups is 1. The van der Waals surface area contributed by atoms with Crippen molar-refractivity contribution in [3.8, 4) is 6.01 Å². The molecule has 46 heteroatoms. The van der Waals surface area contributed by atoms with Crippen molar-refractivity contribution in [3.05, 3.63) is 164 Å². The van der Waals surface area contributed by atoms with Gasteiger partial charge in [-0.05, 0) is 106 Å². The first kappa shape index (κ1) is 107. The number of hydrogen-bond acceptors (Lipinski definition) is 22. The molecule has 0 spiro atoms. The second kappa shape index (κ2) is 48.4. The van der Waals surface area contributed by atoms with E-state index in [4.69, 9.17) is 84.8 Å². The van der Waals surface area contributed by atoms with Gasteiger partial charge in [0.05, 0.1) is 81.0 Å². The summed E-state index contributed by atoms with van der Waals surface area (Å²) < 4.78 is 71.0. The Morgan fingerprint density at radius 2 is 0.798 bits per heavy atom.